The van der Waals surface area contributed by atoms with Crippen LogP contribution < -0.4 is 20.3 Å². The number of hydrogen-bond acceptors (Lipinski definition) is 6. The lowest BCUT2D eigenvalue weighted by atomic mass is 10.1. The lowest BCUT2D eigenvalue weighted by Crippen LogP contribution is -2.34. The SMILES string of the molecule is F.F.NC(=NC=Nc1ccc(OF)cc1)c1ccc(/C=N/N=C2\SCCCN2c2ccccc2OC(F)F)cc1. The summed E-state index contributed by atoms with van der Waals surface area (Å²) in [6.45, 7) is -2.31. The molecule has 0 radical (unpaired) electrons. The van der Waals surface area contributed by atoms with E-state index in [0.29, 0.717) is 28.7 Å². The van der Waals surface area contributed by atoms with E-state index >= 15 is 0 Å². The molecule has 0 saturated carbocycles. The van der Waals surface area contributed by atoms with Crippen molar-refractivity contribution in [3.05, 3.63) is 83.9 Å². The Kier molecular flexibility index (Phi) is 12.6. The third-order valence-electron chi connectivity index (χ3n) is 5.25. The fourth-order valence-corrected chi connectivity index (χ4v) is 4.35. The molecule has 0 bridgehead atoms. The molecule has 0 aliphatic carbocycles. The normalized spacial score (nSPS) is 14.8. The van der Waals surface area contributed by atoms with Crippen molar-refractivity contribution in [2.75, 3.05) is 17.2 Å². The molecule has 8 nitrogen and oxygen atoms in total. The maximum atomic E-state index is 12.9. The molecular weight excluding hydrogens is 555 g/mol. The summed E-state index contributed by atoms with van der Waals surface area (Å²) in [7, 11) is 0. The van der Waals surface area contributed by atoms with Gasteiger partial charge in [-0.3, -0.25) is 14.4 Å². The average Bonchev–Trinajstić information content (AvgIpc) is 2.94. The second-order valence-electron chi connectivity index (χ2n) is 7.78. The van der Waals surface area contributed by atoms with Gasteiger partial charge in [0.25, 0.3) is 0 Å². The van der Waals surface area contributed by atoms with Crippen LogP contribution in [0.3, 0.4) is 0 Å². The van der Waals surface area contributed by atoms with Gasteiger partial charge in [-0.15, -0.1) is 5.10 Å². The molecule has 1 heterocycles. The number of halogens is 5. The van der Waals surface area contributed by atoms with Gasteiger partial charge in [0.15, 0.2) is 10.9 Å². The molecule has 212 valence electrons. The fourth-order valence-electron chi connectivity index (χ4n) is 3.44. The van der Waals surface area contributed by atoms with Crippen molar-refractivity contribution in [1.82, 2.24) is 0 Å². The van der Waals surface area contributed by atoms with Crippen LogP contribution in [0.1, 0.15) is 17.5 Å². The highest BCUT2D eigenvalue weighted by atomic mass is 32.2. The Morgan fingerprint density at radius 3 is 2.42 bits per heavy atom. The molecule has 1 aliphatic rings. The van der Waals surface area contributed by atoms with Crippen LogP contribution in [-0.4, -0.2) is 42.5 Å². The summed E-state index contributed by atoms with van der Waals surface area (Å²) in [4.78, 5) is 13.7. The third kappa shape index (κ3) is 8.80. The minimum Gasteiger partial charge on any atom is -0.433 e. The molecule has 0 atom stereocenters. The largest absolute Gasteiger partial charge is 0.433 e. The van der Waals surface area contributed by atoms with Gasteiger partial charge in [0.1, 0.15) is 17.9 Å². The van der Waals surface area contributed by atoms with Crippen LogP contribution in [0.15, 0.2) is 93.0 Å². The Morgan fingerprint density at radius 2 is 1.73 bits per heavy atom. The van der Waals surface area contributed by atoms with Gasteiger partial charge in [0.05, 0.1) is 17.6 Å². The molecule has 40 heavy (non-hydrogen) atoms. The van der Waals surface area contributed by atoms with Gasteiger partial charge in [0.2, 0.25) is 0 Å². The zero-order valence-corrected chi connectivity index (χ0v) is 21.6. The van der Waals surface area contributed by atoms with Gasteiger partial charge in [-0.25, -0.2) is 9.98 Å². The summed E-state index contributed by atoms with van der Waals surface area (Å²) >= 11 is 1.49. The van der Waals surface area contributed by atoms with Gasteiger partial charge in [0, 0.05) is 22.4 Å². The molecule has 3 aromatic rings. The standard InChI is InChI=1S/C26H23F3N6O2S.2FH/c27-25(28)36-23-5-2-1-4-22(23)35-14-3-15-38-26(35)34-33-16-18-6-8-19(9-7-18)24(30)32-17-31-20-10-12-21(37-29)13-11-20;;/h1-2,4-13,16-17,25H,3,14-15H2,(H2,30,31,32);2*1H/b33-16+,34-26-;;. The van der Waals surface area contributed by atoms with Crippen LogP contribution in [0.2, 0.25) is 0 Å². The predicted molar refractivity (Wildman–Crippen MR) is 151 cm³/mol. The van der Waals surface area contributed by atoms with Crippen molar-refractivity contribution in [2.45, 2.75) is 13.0 Å². The number of anilines is 1. The number of benzene rings is 3. The zero-order chi connectivity index (χ0) is 26.7. The molecule has 14 heteroatoms. The topological polar surface area (TPSA) is 97.2 Å². The van der Waals surface area contributed by atoms with Crippen molar-refractivity contribution in [3.8, 4) is 11.5 Å². The maximum Gasteiger partial charge on any atom is 0.387 e. The minimum absolute atomic E-state index is 0. The number of nitrogens with zero attached hydrogens (tertiary/aromatic N) is 5. The number of thioether (sulfide) groups is 1. The zero-order valence-electron chi connectivity index (χ0n) is 20.8. The summed E-state index contributed by atoms with van der Waals surface area (Å²) < 4.78 is 42.5. The van der Waals surface area contributed by atoms with Crippen molar-refractivity contribution in [2.24, 2.45) is 25.9 Å². The number of aliphatic imine (C=N–C) groups is 2. The van der Waals surface area contributed by atoms with E-state index in [-0.39, 0.29) is 26.7 Å². The third-order valence-corrected chi connectivity index (χ3v) is 6.30. The Labute approximate surface area is 230 Å². The number of hydrogen-bond donors (Lipinski definition) is 1. The van der Waals surface area contributed by atoms with Gasteiger partial charge in [-0.05, 0) is 48.4 Å². The van der Waals surface area contributed by atoms with Crippen LogP contribution in [-0.2, 0) is 0 Å². The Balaban J connectivity index is 0.00000280. The van der Waals surface area contributed by atoms with Crippen molar-refractivity contribution in [3.63, 3.8) is 0 Å². The average molecular weight is 581 g/mol. The number of alkyl halides is 2. The van der Waals surface area contributed by atoms with Gasteiger partial charge in [-0.2, -0.15) is 13.9 Å². The van der Waals surface area contributed by atoms with Crippen molar-refractivity contribution < 1.29 is 32.4 Å². The molecular formula is C26H25F5N6O2S. The molecule has 2 N–H and O–H groups in total. The van der Waals surface area contributed by atoms with E-state index in [0.717, 1.165) is 17.7 Å². The Morgan fingerprint density at radius 1 is 1.00 bits per heavy atom. The first-order valence-corrected chi connectivity index (χ1v) is 12.4. The van der Waals surface area contributed by atoms with E-state index in [1.165, 1.54) is 36.3 Å². The minimum atomic E-state index is -2.92. The summed E-state index contributed by atoms with van der Waals surface area (Å²) in [6.07, 6.45) is 3.77. The van der Waals surface area contributed by atoms with Crippen LogP contribution in [0.5, 0.6) is 11.5 Å². The molecule has 0 amide bonds. The molecule has 0 aromatic heterocycles. The van der Waals surface area contributed by atoms with Crippen molar-refractivity contribution in [1.29, 1.82) is 0 Å². The lowest BCUT2D eigenvalue weighted by Gasteiger charge is -2.30. The second kappa shape index (κ2) is 15.8. The van der Waals surface area contributed by atoms with E-state index in [2.05, 4.69) is 29.9 Å². The summed E-state index contributed by atoms with van der Waals surface area (Å²) in [5.41, 5.74) is 8.58. The number of amidine groups is 2. The second-order valence-corrected chi connectivity index (χ2v) is 8.84. The van der Waals surface area contributed by atoms with E-state index < -0.39 is 6.61 Å². The predicted octanol–water partition coefficient (Wildman–Crippen LogP) is 6.26. The monoisotopic (exact) mass is 580 g/mol. The summed E-state index contributed by atoms with van der Waals surface area (Å²) in [5, 5.41) is 9.12. The van der Waals surface area contributed by atoms with Crippen molar-refractivity contribution >= 4 is 46.7 Å². The van der Waals surface area contributed by atoms with Crippen LogP contribution in [0.4, 0.5) is 34.1 Å². The molecule has 4 rings (SSSR count). The smallest absolute Gasteiger partial charge is 0.387 e. The highest BCUT2D eigenvalue weighted by molar-refractivity contribution is 8.14. The molecule has 1 aliphatic heterocycles. The Bertz CT molecular complexity index is 1340. The molecule has 0 unspecified atom stereocenters. The molecule has 0 spiro atoms. The lowest BCUT2D eigenvalue weighted by molar-refractivity contribution is -0.0494. The first-order valence-electron chi connectivity index (χ1n) is 11.4. The van der Waals surface area contributed by atoms with E-state index in [1.54, 1.807) is 48.7 Å². The van der Waals surface area contributed by atoms with E-state index in [4.69, 9.17) is 5.73 Å². The van der Waals surface area contributed by atoms with E-state index in [1.807, 2.05) is 17.0 Å². The Hall–Kier alpha value is -4.46. The highest BCUT2D eigenvalue weighted by Crippen LogP contribution is 2.33. The number of para-hydroxylation sites is 2. The summed E-state index contributed by atoms with van der Waals surface area (Å²) in [6, 6.07) is 19.9. The van der Waals surface area contributed by atoms with E-state index in [9.17, 15) is 13.3 Å². The first kappa shape index (κ1) is 31.8. The van der Waals surface area contributed by atoms with Gasteiger partial charge in [-0.1, -0.05) is 48.2 Å². The first-order chi connectivity index (χ1) is 18.5. The van der Waals surface area contributed by atoms with Crippen LogP contribution in [0.25, 0.3) is 0 Å². The quantitative estimate of drug-likeness (QED) is 0.140. The van der Waals surface area contributed by atoms with Gasteiger partial charge < -0.3 is 15.4 Å². The number of nitrogens with two attached hydrogens (primary N) is 1. The number of rotatable bonds is 9. The maximum absolute atomic E-state index is 12.9. The van der Waals surface area contributed by atoms with Crippen LogP contribution in [0, 0.1) is 0 Å². The molecule has 1 saturated heterocycles. The summed E-state index contributed by atoms with van der Waals surface area (Å²) in [5.74, 6) is 1.28. The fraction of sp³-hybridized carbons (Fsp3) is 0.154. The molecule has 1 fully saturated rings. The van der Waals surface area contributed by atoms with Crippen LogP contribution >= 0.6 is 11.8 Å². The number of ether oxygens (including phenoxy) is 1. The highest BCUT2D eigenvalue weighted by Gasteiger charge is 2.23. The molecule has 3 aromatic carbocycles. The van der Waals surface area contributed by atoms with Gasteiger partial charge >= 0.3 is 6.61 Å².